The molecular formula is C13H18O2. The third-order valence-electron chi connectivity index (χ3n) is 2.85. The Bertz CT molecular complexity index is 340. The topological polar surface area (TPSA) is 29.5 Å². The van der Waals surface area contributed by atoms with Gasteiger partial charge in [-0.1, -0.05) is 6.07 Å². The smallest absolute Gasteiger partial charge is 0.122 e. The first-order chi connectivity index (χ1) is 7.16. The second-order valence-electron chi connectivity index (χ2n) is 4.46. The summed E-state index contributed by atoms with van der Waals surface area (Å²) in [4.78, 5) is 0. The van der Waals surface area contributed by atoms with Gasteiger partial charge in [0.15, 0.2) is 0 Å². The number of hydrogen-bond acceptors (Lipinski definition) is 2. The highest BCUT2D eigenvalue weighted by molar-refractivity contribution is 5.36. The van der Waals surface area contributed by atoms with E-state index in [0.717, 1.165) is 29.4 Å². The summed E-state index contributed by atoms with van der Waals surface area (Å²) in [7, 11) is 0. The molecule has 0 amide bonds. The van der Waals surface area contributed by atoms with E-state index in [2.05, 4.69) is 0 Å². The van der Waals surface area contributed by atoms with E-state index in [1.165, 1.54) is 12.8 Å². The summed E-state index contributed by atoms with van der Waals surface area (Å²) in [6.45, 7) is 4.64. The number of benzene rings is 1. The molecule has 1 atom stereocenters. The predicted molar refractivity (Wildman–Crippen MR) is 60.0 cm³/mol. The largest absolute Gasteiger partial charge is 0.493 e. The van der Waals surface area contributed by atoms with Crippen LogP contribution in [0.5, 0.6) is 5.75 Å². The van der Waals surface area contributed by atoms with E-state index < -0.39 is 6.10 Å². The fourth-order valence-electron chi connectivity index (χ4n) is 1.59. The van der Waals surface area contributed by atoms with Crippen LogP contribution in [0.4, 0.5) is 0 Å². The van der Waals surface area contributed by atoms with E-state index >= 15 is 0 Å². The van der Waals surface area contributed by atoms with Crippen molar-refractivity contribution in [1.82, 2.24) is 0 Å². The molecule has 0 radical (unpaired) electrons. The average Bonchev–Trinajstić information content (AvgIpc) is 2.99. The Morgan fingerprint density at radius 2 is 2.20 bits per heavy atom. The Hall–Kier alpha value is -1.02. The van der Waals surface area contributed by atoms with Crippen molar-refractivity contribution in [3.05, 3.63) is 29.3 Å². The third kappa shape index (κ3) is 2.72. The van der Waals surface area contributed by atoms with E-state index in [9.17, 15) is 5.11 Å². The van der Waals surface area contributed by atoms with E-state index in [-0.39, 0.29) is 0 Å². The maximum atomic E-state index is 9.43. The van der Waals surface area contributed by atoms with Crippen LogP contribution >= 0.6 is 0 Å². The fraction of sp³-hybridized carbons (Fsp3) is 0.538. The lowest BCUT2D eigenvalue weighted by molar-refractivity contribution is 0.199. The van der Waals surface area contributed by atoms with Crippen LogP contribution in [0.3, 0.4) is 0 Å². The predicted octanol–water partition coefficient (Wildman–Crippen LogP) is 2.84. The second kappa shape index (κ2) is 4.23. The summed E-state index contributed by atoms with van der Waals surface area (Å²) in [6, 6.07) is 5.88. The number of hydrogen-bond donors (Lipinski definition) is 1. The van der Waals surface area contributed by atoms with Crippen LogP contribution in [0.15, 0.2) is 18.2 Å². The second-order valence-corrected chi connectivity index (χ2v) is 4.46. The van der Waals surface area contributed by atoms with Crippen LogP contribution in [0.1, 0.15) is 37.0 Å². The summed E-state index contributed by atoms with van der Waals surface area (Å²) in [5.41, 5.74) is 2.06. The number of rotatable bonds is 4. The molecule has 1 saturated carbocycles. The maximum absolute atomic E-state index is 9.43. The molecule has 0 heterocycles. The van der Waals surface area contributed by atoms with Crippen molar-refractivity contribution in [2.45, 2.75) is 32.8 Å². The van der Waals surface area contributed by atoms with Gasteiger partial charge in [0, 0.05) is 0 Å². The van der Waals surface area contributed by atoms with Crippen molar-refractivity contribution in [1.29, 1.82) is 0 Å². The molecule has 0 bridgehead atoms. The number of aryl methyl sites for hydroxylation is 1. The fourth-order valence-corrected chi connectivity index (χ4v) is 1.59. The average molecular weight is 206 g/mol. The van der Waals surface area contributed by atoms with Gasteiger partial charge in [-0.05, 0) is 55.9 Å². The molecule has 82 valence electrons. The monoisotopic (exact) mass is 206 g/mol. The van der Waals surface area contributed by atoms with Gasteiger partial charge in [0.25, 0.3) is 0 Å². The first kappa shape index (κ1) is 10.5. The Labute approximate surface area is 90.9 Å². The molecule has 1 fully saturated rings. The molecule has 0 aromatic heterocycles. The first-order valence-electron chi connectivity index (χ1n) is 5.58. The van der Waals surface area contributed by atoms with Gasteiger partial charge in [-0.3, -0.25) is 0 Å². The molecule has 2 heteroatoms. The van der Waals surface area contributed by atoms with Crippen molar-refractivity contribution in [2.24, 2.45) is 5.92 Å². The van der Waals surface area contributed by atoms with Crippen molar-refractivity contribution in [3.8, 4) is 5.75 Å². The molecule has 2 nitrogen and oxygen atoms in total. The van der Waals surface area contributed by atoms with Crippen LogP contribution in [-0.4, -0.2) is 11.7 Å². The van der Waals surface area contributed by atoms with Gasteiger partial charge in [-0.25, -0.2) is 0 Å². The van der Waals surface area contributed by atoms with Crippen LogP contribution in [0.25, 0.3) is 0 Å². The molecule has 15 heavy (non-hydrogen) atoms. The quantitative estimate of drug-likeness (QED) is 0.820. The normalized spacial score (nSPS) is 17.5. The first-order valence-corrected chi connectivity index (χ1v) is 5.58. The van der Waals surface area contributed by atoms with Gasteiger partial charge in [0.2, 0.25) is 0 Å². The summed E-state index contributed by atoms with van der Waals surface area (Å²) in [5, 5.41) is 9.43. The molecule has 1 aliphatic rings. The highest BCUT2D eigenvalue weighted by atomic mass is 16.5. The molecule has 0 spiro atoms. The zero-order valence-electron chi connectivity index (χ0n) is 9.36. The zero-order chi connectivity index (χ0) is 10.8. The van der Waals surface area contributed by atoms with Crippen LogP contribution in [0, 0.1) is 12.8 Å². The van der Waals surface area contributed by atoms with Crippen molar-refractivity contribution in [3.63, 3.8) is 0 Å². The summed E-state index contributed by atoms with van der Waals surface area (Å²) >= 11 is 0. The summed E-state index contributed by atoms with van der Waals surface area (Å²) in [5.74, 6) is 1.73. The molecule has 0 aliphatic heterocycles. The van der Waals surface area contributed by atoms with E-state index in [0.29, 0.717) is 0 Å². The van der Waals surface area contributed by atoms with Crippen molar-refractivity contribution >= 4 is 0 Å². The zero-order valence-corrected chi connectivity index (χ0v) is 9.36. The third-order valence-corrected chi connectivity index (χ3v) is 2.85. The van der Waals surface area contributed by atoms with E-state index in [1.807, 2.05) is 25.1 Å². The molecule has 1 aromatic carbocycles. The minimum Gasteiger partial charge on any atom is -0.493 e. The molecule has 1 aromatic rings. The summed E-state index contributed by atoms with van der Waals surface area (Å²) < 4.78 is 5.71. The summed E-state index contributed by atoms with van der Waals surface area (Å²) in [6.07, 6.45) is 2.22. The van der Waals surface area contributed by atoms with Crippen LogP contribution in [0.2, 0.25) is 0 Å². The van der Waals surface area contributed by atoms with Gasteiger partial charge in [-0.2, -0.15) is 0 Å². The minimum atomic E-state index is -0.402. The Kier molecular flexibility index (Phi) is 2.96. The molecule has 1 N–H and O–H groups in total. The standard InChI is InChI=1S/C13H18O2/c1-9-7-12(10(2)14)5-6-13(9)15-8-11-3-4-11/h5-7,10-11,14H,3-4,8H2,1-2H3/t10-/m0/s1. The molecule has 0 saturated heterocycles. The number of ether oxygens (including phenoxy) is 1. The van der Waals surface area contributed by atoms with Gasteiger partial charge in [0.1, 0.15) is 5.75 Å². The molecule has 2 rings (SSSR count). The molecular weight excluding hydrogens is 188 g/mol. The van der Waals surface area contributed by atoms with Gasteiger partial charge >= 0.3 is 0 Å². The Morgan fingerprint density at radius 3 is 2.73 bits per heavy atom. The van der Waals surface area contributed by atoms with Crippen molar-refractivity contribution in [2.75, 3.05) is 6.61 Å². The lowest BCUT2D eigenvalue weighted by atomic mass is 10.1. The highest BCUT2D eigenvalue weighted by Crippen LogP contribution is 2.30. The van der Waals surface area contributed by atoms with Crippen LogP contribution in [-0.2, 0) is 0 Å². The number of aliphatic hydroxyl groups is 1. The highest BCUT2D eigenvalue weighted by Gasteiger charge is 2.22. The SMILES string of the molecule is Cc1cc([C@H](C)O)ccc1OCC1CC1. The van der Waals surface area contributed by atoms with Gasteiger partial charge < -0.3 is 9.84 Å². The Balaban J connectivity index is 2.04. The minimum absolute atomic E-state index is 0.402. The van der Waals surface area contributed by atoms with Crippen molar-refractivity contribution < 1.29 is 9.84 Å². The molecule has 0 unspecified atom stereocenters. The van der Waals surface area contributed by atoms with Crippen LogP contribution < -0.4 is 4.74 Å². The lowest BCUT2D eigenvalue weighted by Gasteiger charge is -2.11. The maximum Gasteiger partial charge on any atom is 0.122 e. The van der Waals surface area contributed by atoms with Gasteiger partial charge in [0.05, 0.1) is 12.7 Å². The number of aliphatic hydroxyl groups excluding tert-OH is 1. The van der Waals surface area contributed by atoms with E-state index in [1.54, 1.807) is 6.92 Å². The lowest BCUT2D eigenvalue weighted by Crippen LogP contribution is -2.01. The van der Waals surface area contributed by atoms with Gasteiger partial charge in [-0.15, -0.1) is 0 Å². The Morgan fingerprint density at radius 1 is 1.47 bits per heavy atom. The molecule has 1 aliphatic carbocycles. The van der Waals surface area contributed by atoms with E-state index in [4.69, 9.17) is 4.74 Å².